The first-order valence-electron chi connectivity index (χ1n) is 9.07. The summed E-state index contributed by atoms with van der Waals surface area (Å²) < 4.78 is 5.58. The monoisotopic (exact) mass is 333 g/mol. The quantitative estimate of drug-likeness (QED) is 0.768. The summed E-state index contributed by atoms with van der Waals surface area (Å²) in [7, 11) is 2.00. The standard InChI is InChI=1S/C19H31N3O2/c1-4-24-18-8-6-5-7-17(18)21-19(23)15(2)22-13-10-16(11-14-22)9-12-20-3/h5-8,15-16,20H,4,9-14H2,1-3H3,(H,21,23). The van der Waals surface area contributed by atoms with Crippen molar-refractivity contribution in [1.82, 2.24) is 10.2 Å². The highest BCUT2D eigenvalue weighted by molar-refractivity contribution is 5.95. The molecule has 24 heavy (non-hydrogen) atoms. The fraction of sp³-hybridized carbons (Fsp3) is 0.632. The van der Waals surface area contributed by atoms with Crippen molar-refractivity contribution < 1.29 is 9.53 Å². The number of likely N-dealkylation sites (tertiary alicyclic amines) is 1. The number of ether oxygens (including phenoxy) is 1. The third-order valence-electron chi connectivity index (χ3n) is 4.82. The maximum absolute atomic E-state index is 12.6. The third kappa shape index (κ3) is 5.21. The van der Waals surface area contributed by atoms with Crippen LogP contribution in [0.1, 0.15) is 33.1 Å². The number of benzene rings is 1. The number of nitrogens with one attached hydrogen (secondary N) is 2. The first-order chi connectivity index (χ1) is 11.7. The Kier molecular flexibility index (Phi) is 7.53. The van der Waals surface area contributed by atoms with E-state index in [0.29, 0.717) is 6.61 Å². The van der Waals surface area contributed by atoms with Crippen LogP contribution >= 0.6 is 0 Å². The van der Waals surface area contributed by atoms with Crippen LogP contribution in [-0.4, -0.2) is 50.1 Å². The number of anilines is 1. The van der Waals surface area contributed by atoms with E-state index in [1.807, 2.05) is 45.2 Å². The van der Waals surface area contributed by atoms with Gasteiger partial charge in [0.2, 0.25) is 5.91 Å². The maximum atomic E-state index is 12.6. The molecular weight excluding hydrogens is 302 g/mol. The van der Waals surface area contributed by atoms with Crippen LogP contribution in [0.25, 0.3) is 0 Å². The lowest BCUT2D eigenvalue weighted by Crippen LogP contribution is -2.46. The van der Waals surface area contributed by atoms with E-state index < -0.39 is 0 Å². The highest BCUT2D eigenvalue weighted by atomic mass is 16.5. The van der Waals surface area contributed by atoms with Gasteiger partial charge in [-0.2, -0.15) is 0 Å². The highest BCUT2D eigenvalue weighted by Gasteiger charge is 2.26. The van der Waals surface area contributed by atoms with Crippen LogP contribution in [0.3, 0.4) is 0 Å². The Labute approximate surface area is 145 Å². The predicted octanol–water partition coefficient (Wildman–Crippen LogP) is 2.73. The second-order valence-electron chi connectivity index (χ2n) is 6.47. The minimum atomic E-state index is -0.120. The summed E-state index contributed by atoms with van der Waals surface area (Å²) in [5, 5.41) is 6.24. The zero-order chi connectivity index (χ0) is 17.4. The average molecular weight is 333 g/mol. The molecule has 1 heterocycles. The number of amides is 1. The number of para-hydroxylation sites is 2. The normalized spacial score (nSPS) is 17.5. The molecular formula is C19H31N3O2. The zero-order valence-electron chi connectivity index (χ0n) is 15.2. The van der Waals surface area contributed by atoms with E-state index in [0.717, 1.165) is 37.0 Å². The topological polar surface area (TPSA) is 53.6 Å². The summed E-state index contributed by atoms with van der Waals surface area (Å²) in [5.74, 6) is 1.55. The van der Waals surface area contributed by atoms with Crippen LogP contribution in [0.15, 0.2) is 24.3 Å². The smallest absolute Gasteiger partial charge is 0.241 e. The second kappa shape index (κ2) is 9.64. The van der Waals surface area contributed by atoms with Crippen molar-refractivity contribution in [3.63, 3.8) is 0 Å². The lowest BCUT2D eigenvalue weighted by atomic mass is 9.93. The number of carbonyl (C=O) groups excluding carboxylic acids is 1. The van der Waals surface area contributed by atoms with Crippen LogP contribution in [0.4, 0.5) is 5.69 Å². The molecule has 134 valence electrons. The van der Waals surface area contributed by atoms with Crippen molar-refractivity contribution >= 4 is 11.6 Å². The molecule has 1 aromatic carbocycles. The van der Waals surface area contributed by atoms with Crippen LogP contribution in [0, 0.1) is 5.92 Å². The number of hydrogen-bond acceptors (Lipinski definition) is 4. The van der Waals surface area contributed by atoms with Gasteiger partial charge in [-0.15, -0.1) is 0 Å². The predicted molar refractivity (Wildman–Crippen MR) is 98.5 cm³/mol. The van der Waals surface area contributed by atoms with Gasteiger partial charge in [0.1, 0.15) is 5.75 Å². The van der Waals surface area contributed by atoms with Crippen LogP contribution < -0.4 is 15.4 Å². The van der Waals surface area contributed by atoms with Crippen LogP contribution in [0.2, 0.25) is 0 Å². The van der Waals surface area contributed by atoms with Gasteiger partial charge in [-0.1, -0.05) is 12.1 Å². The van der Waals surface area contributed by atoms with Gasteiger partial charge in [0.25, 0.3) is 0 Å². The first kappa shape index (κ1) is 18.7. The van der Waals surface area contributed by atoms with Gasteiger partial charge >= 0.3 is 0 Å². The van der Waals surface area contributed by atoms with Crippen molar-refractivity contribution in [3.8, 4) is 5.75 Å². The lowest BCUT2D eigenvalue weighted by molar-refractivity contribution is -0.121. The van der Waals surface area contributed by atoms with Gasteiger partial charge < -0.3 is 15.4 Å². The Morgan fingerprint density at radius 2 is 2.04 bits per heavy atom. The van der Waals surface area contributed by atoms with E-state index in [2.05, 4.69) is 15.5 Å². The number of hydrogen-bond donors (Lipinski definition) is 2. The SMILES string of the molecule is CCOc1ccccc1NC(=O)C(C)N1CCC(CCNC)CC1. The van der Waals surface area contributed by atoms with Gasteiger partial charge in [0.05, 0.1) is 18.3 Å². The Balaban J connectivity index is 1.87. The molecule has 1 aromatic rings. The van der Waals surface area contributed by atoms with Gasteiger partial charge in [0.15, 0.2) is 0 Å². The van der Waals surface area contributed by atoms with Crippen molar-refractivity contribution in [2.24, 2.45) is 5.92 Å². The van der Waals surface area contributed by atoms with Gasteiger partial charge in [-0.25, -0.2) is 0 Å². The number of piperidine rings is 1. The molecule has 0 saturated carbocycles. The molecule has 1 aliphatic heterocycles. The van der Waals surface area contributed by atoms with Gasteiger partial charge in [-0.3, -0.25) is 9.69 Å². The van der Waals surface area contributed by atoms with E-state index in [1.54, 1.807) is 0 Å². The van der Waals surface area contributed by atoms with Crippen molar-refractivity contribution in [2.75, 3.05) is 38.6 Å². The molecule has 1 unspecified atom stereocenters. The molecule has 5 nitrogen and oxygen atoms in total. The molecule has 0 radical (unpaired) electrons. The minimum absolute atomic E-state index is 0.0378. The fourth-order valence-corrected chi connectivity index (χ4v) is 3.23. The zero-order valence-corrected chi connectivity index (χ0v) is 15.2. The molecule has 0 spiro atoms. The van der Waals surface area contributed by atoms with E-state index >= 15 is 0 Å². The number of rotatable bonds is 8. The molecule has 0 bridgehead atoms. The number of nitrogens with zero attached hydrogens (tertiary/aromatic N) is 1. The van der Waals surface area contributed by atoms with Crippen molar-refractivity contribution in [2.45, 2.75) is 39.2 Å². The van der Waals surface area contributed by atoms with Crippen LogP contribution in [-0.2, 0) is 4.79 Å². The lowest BCUT2D eigenvalue weighted by Gasteiger charge is -2.35. The highest BCUT2D eigenvalue weighted by Crippen LogP contribution is 2.25. The third-order valence-corrected chi connectivity index (χ3v) is 4.82. The first-order valence-corrected chi connectivity index (χ1v) is 9.07. The molecule has 1 fully saturated rings. The summed E-state index contributed by atoms with van der Waals surface area (Å²) >= 11 is 0. The molecule has 1 saturated heterocycles. The second-order valence-corrected chi connectivity index (χ2v) is 6.47. The Morgan fingerprint density at radius 3 is 2.71 bits per heavy atom. The summed E-state index contributed by atoms with van der Waals surface area (Å²) in [4.78, 5) is 14.9. The molecule has 2 N–H and O–H groups in total. The van der Waals surface area contributed by atoms with Gasteiger partial charge in [0, 0.05) is 0 Å². The average Bonchev–Trinajstić information content (AvgIpc) is 2.61. The van der Waals surface area contributed by atoms with Gasteiger partial charge in [-0.05, 0) is 77.8 Å². The van der Waals surface area contributed by atoms with Crippen molar-refractivity contribution in [1.29, 1.82) is 0 Å². The summed E-state index contributed by atoms with van der Waals surface area (Å²) in [6.07, 6.45) is 3.58. The Bertz CT molecular complexity index is 513. The fourth-order valence-electron chi connectivity index (χ4n) is 3.23. The molecule has 1 aliphatic rings. The summed E-state index contributed by atoms with van der Waals surface area (Å²) in [5.41, 5.74) is 0.750. The van der Waals surface area contributed by atoms with E-state index in [1.165, 1.54) is 19.3 Å². The number of carbonyl (C=O) groups is 1. The molecule has 0 aliphatic carbocycles. The largest absolute Gasteiger partial charge is 0.492 e. The van der Waals surface area contributed by atoms with E-state index in [-0.39, 0.29) is 11.9 Å². The molecule has 2 rings (SSSR count). The van der Waals surface area contributed by atoms with Crippen molar-refractivity contribution in [3.05, 3.63) is 24.3 Å². The Hall–Kier alpha value is -1.59. The molecule has 0 aromatic heterocycles. The van der Waals surface area contributed by atoms with Crippen LogP contribution in [0.5, 0.6) is 5.75 Å². The Morgan fingerprint density at radius 1 is 1.33 bits per heavy atom. The molecule has 1 amide bonds. The maximum Gasteiger partial charge on any atom is 0.241 e. The van der Waals surface area contributed by atoms with E-state index in [9.17, 15) is 4.79 Å². The molecule has 5 heteroatoms. The minimum Gasteiger partial charge on any atom is -0.492 e. The summed E-state index contributed by atoms with van der Waals surface area (Å²) in [6, 6.07) is 7.48. The molecule has 1 atom stereocenters. The van der Waals surface area contributed by atoms with E-state index in [4.69, 9.17) is 4.74 Å². The summed E-state index contributed by atoms with van der Waals surface area (Å²) in [6.45, 7) is 7.59.